The summed E-state index contributed by atoms with van der Waals surface area (Å²) in [6.07, 6.45) is 1.91. The normalized spacial score (nSPS) is 13.6. The summed E-state index contributed by atoms with van der Waals surface area (Å²) in [5.74, 6) is -0.305. The number of benzene rings is 2. The molecule has 2 aromatic carbocycles. The number of tetrazole rings is 1. The summed E-state index contributed by atoms with van der Waals surface area (Å²) in [5.41, 5.74) is 1.49. The van der Waals surface area contributed by atoms with Crippen molar-refractivity contribution in [1.82, 2.24) is 20.2 Å². The molecular formula is C21H21FN6O2. The third-order valence-electron chi connectivity index (χ3n) is 4.84. The molecule has 0 bridgehead atoms. The van der Waals surface area contributed by atoms with E-state index in [0.29, 0.717) is 37.4 Å². The maximum Gasteiger partial charge on any atom is 0.227 e. The van der Waals surface area contributed by atoms with Gasteiger partial charge in [-0.15, -0.1) is 10.2 Å². The number of aromatic nitrogens is 4. The maximum absolute atomic E-state index is 14.4. The first-order valence-electron chi connectivity index (χ1n) is 9.83. The number of nitrogens with one attached hydrogen (secondary N) is 1. The Bertz CT molecular complexity index is 1050. The molecule has 1 aromatic heterocycles. The van der Waals surface area contributed by atoms with Crippen LogP contribution in [0.3, 0.4) is 0 Å². The Hall–Kier alpha value is -3.62. The summed E-state index contributed by atoms with van der Waals surface area (Å²) in [6.45, 7) is 0.960. The van der Waals surface area contributed by atoms with Gasteiger partial charge in [0, 0.05) is 30.6 Å². The Balaban J connectivity index is 1.28. The van der Waals surface area contributed by atoms with Gasteiger partial charge >= 0.3 is 0 Å². The van der Waals surface area contributed by atoms with E-state index < -0.39 is 5.82 Å². The Morgan fingerprint density at radius 3 is 2.73 bits per heavy atom. The summed E-state index contributed by atoms with van der Waals surface area (Å²) in [7, 11) is 0. The summed E-state index contributed by atoms with van der Waals surface area (Å²) < 4.78 is 14.4. The topological polar surface area (TPSA) is 93.0 Å². The number of anilines is 2. The van der Waals surface area contributed by atoms with Crippen LogP contribution in [-0.2, 0) is 16.1 Å². The first-order valence-corrected chi connectivity index (χ1v) is 9.83. The Morgan fingerprint density at radius 1 is 1.17 bits per heavy atom. The van der Waals surface area contributed by atoms with Crippen molar-refractivity contribution in [2.75, 3.05) is 16.8 Å². The number of nitrogens with zero attached hydrogens (tertiary/aromatic N) is 5. The number of aryl methyl sites for hydroxylation is 1. The molecule has 0 aliphatic carbocycles. The van der Waals surface area contributed by atoms with Gasteiger partial charge < -0.3 is 10.2 Å². The summed E-state index contributed by atoms with van der Waals surface area (Å²) in [5, 5.41) is 15.0. The number of hydrogen-bond donors (Lipinski definition) is 1. The summed E-state index contributed by atoms with van der Waals surface area (Å²) >= 11 is 0. The minimum atomic E-state index is -0.525. The highest BCUT2D eigenvalue weighted by atomic mass is 19.1. The second kappa shape index (κ2) is 8.81. The highest BCUT2D eigenvalue weighted by molar-refractivity contribution is 5.96. The van der Waals surface area contributed by atoms with E-state index in [1.54, 1.807) is 6.07 Å². The number of halogens is 1. The predicted molar refractivity (Wildman–Crippen MR) is 109 cm³/mol. The van der Waals surface area contributed by atoms with Gasteiger partial charge in [-0.1, -0.05) is 30.3 Å². The summed E-state index contributed by atoms with van der Waals surface area (Å²) in [6, 6.07) is 13.9. The molecule has 1 saturated heterocycles. The van der Waals surface area contributed by atoms with Crippen LogP contribution in [0.2, 0.25) is 0 Å². The van der Waals surface area contributed by atoms with Crippen LogP contribution in [0, 0.1) is 5.82 Å². The second-order valence-corrected chi connectivity index (χ2v) is 7.04. The van der Waals surface area contributed by atoms with Crippen LogP contribution in [0.5, 0.6) is 0 Å². The Labute approximate surface area is 172 Å². The fraction of sp³-hybridized carbons (Fsp3) is 0.286. The fourth-order valence-corrected chi connectivity index (χ4v) is 3.35. The van der Waals surface area contributed by atoms with E-state index in [2.05, 4.69) is 20.7 Å². The lowest BCUT2D eigenvalue weighted by Gasteiger charge is -2.17. The molecule has 0 unspecified atom stereocenters. The Kier molecular flexibility index (Phi) is 5.78. The van der Waals surface area contributed by atoms with E-state index in [1.165, 1.54) is 21.8 Å². The molecule has 1 aliphatic heterocycles. The van der Waals surface area contributed by atoms with Gasteiger partial charge in [-0.2, -0.15) is 4.80 Å². The number of carbonyl (C=O) groups excluding carboxylic acids is 2. The first kappa shape index (κ1) is 19.7. The van der Waals surface area contributed by atoms with Crippen LogP contribution in [0.4, 0.5) is 15.8 Å². The molecule has 0 saturated carbocycles. The molecule has 0 radical (unpaired) electrons. The molecular weight excluding hydrogens is 387 g/mol. The zero-order valence-corrected chi connectivity index (χ0v) is 16.3. The largest absolute Gasteiger partial charge is 0.326 e. The van der Waals surface area contributed by atoms with E-state index in [0.717, 1.165) is 12.0 Å². The average molecular weight is 408 g/mol. The van der Waals surface area contributed by atoms with Crippen molar-refractivity contribution in [3.63, 3.8) is 0 Å². The van der Waals surface area contributed by atoms with Crippen molar-refractivity contribution in [2.24, 2.45) is 0 Å². The van der Waals surface area contributed by atoms with Gasteiger partial charge in [0.2, 0.25) is 17.6 Å². The van der Waals surface area contributed by atoms with Gasteiger partial charge in [0.15, 0.2) is 0 Å². The number of hydrogen-bond acceptors (Lipinski definition) is 5. The van der Waals surface area contributed by atoms with Gasteiger partial charge in [-0.05, 0) is 36.3 Å². The van der Waals surface area contributed by atoms with Crippen molar-refractivity contribution in [3.8, 4) is 11.4 Å². The van der Waals surface area contributed by atoms with Crippen molar-refractivity contribution < 1.29 is 14.0 Å². The van der Waals surface area contributed by atoms with Crippen LogP contribution in [0.25, 0.3) is 11.4 Å². The van der Waals surface area contributed by atoms with Crippen molar-refractivity contribution >= 4 is 23.2 Å². The minimum absolute atomic E-state index is 0.0807. The number of rotatable bonds is 7. The monoisotopic (exact) mass is 408 g/mol. The van der Waals surface area contributed by atoms with E-state index in [9.17, 15) is 14.0 Å². The maximum atomic E-state index is 14.4. The van der Waals surface area contributed by atoms with Gasteiger partial charge in [0.05, 0.1) is 12.2 Å². The zero-order chi connectivity index (χ0) is 20.9. The van der Waals surface area contributed by atoms with Crippen LogP contribution in [-0.4, -0.2) is 38.6 Å². The lowest BCUT2D eigenvalue weighted by Crippen LogP contribution is -2.24. The standard InChI is InChI=1S/C21H21FN6O2/c22-17-14-16(10-11-18(17)27-12-5-9-20(27)30)23-19(29)8-4-13-28-25-21(24-26-28)15-6-2-1-3-7-15/h1-3,6-7,10-11,14H,4-5,8-9,12-13H2,(H,23,29). The second-order valence-electron chi connectivity index (χ2n) is 7.04. The first-order chi connectivity index (χ1) is 14.6. The highest BCUT2D eigenvalue weighted by Crippen LogP contribution is 2.26. The fourth-order valence-electron chi connectivity index (χ4n) is 3.35. The molecule has 1 fully saturated rings. The van der Waals surface area contributed by atoms with Gasteiger partial charge in [0.25, 0.3) is 0 Å². The molecule has 9 heteroatoms. The molecule has 4 rings (SSSR count). The minimum Gasteiger partial charge on any atom is -0.326 e. The van der Waals surface area contributed by atoms with Crippen LogP contribution >= 0.6 is 0 Å². The SMILES string of the molecule is O=C(CCCn1nnc(-c2ccccc2)n1)Nc1ccc(N2CCCC2=O)c(F)c1. The quantitative estimate of drug-likeness (QED) is 0.649. The smallest absolute Gasteiger partial charge is 0.227 e. The zero-order valence-electron chi connectivity index (χ0n) is 16.3. The Morgan fingerprint density at radius 2 is 2.00 bits per heavy atom. The van der Waals surface area contributed by atoms with Crippen LogP contribution in [0.1, 0.15) is 25.7 Å². The third kappa shape index (κ3) is 4.51. The summed E-state index contributed by atoms with van der Waals surface area (Å²) in [4.78, 5) is 26.8. The van der Waals surface area contributed by atoms with Crippen molar-refractivity contribution in [1.29, 1.82) is 0 Å². The molecule has 8 nitrogen and oxygen atoms in total. The predicted octanol–water partition coefficient (Wildman–Crippen LogP) is 3.02. The van der Waals surface area contributed by atoms with Crippen LogP contribution in [0.15, 0.2) is 48.5 Å². The molecule has 2 amide bonds. The number of carbonyl (C=O) groups is 2. The molecule has 2 heterocycles. The van der Waals surface area contributed by atoms with Gasteiger partial charge in [-0.25, -0.2) is 4.39 Å². The lowest BCUT2D eigenvalue weighted by atomic mass is 10.2. The van der Waals surface area contributed by atoms with Crippen molar-refractivity contribution in [3.05, 3.63) is 54.3 Å². The molecule has 154 valence electrons. The molecule has 1 N–H and O–H groups in total. The molecule has 1 aliphatic rings. The van der Waals surface area contributed by atoms with E-state index >= 15 is 0 Å². The average Bonchev–Trinajstić information content (AvgIpc) is 3.38. The molecule has 30 heavy (non-hydrogen) atoms. The molecule has 3 aromatic rings. The highest BCUT2D eigenvalue weighted by Gasteiger charge is 2.24. The van der Waals surface area contributed by atoms with Gasteiger partial charge in [0.1, 0.15) is 5.82 Å². The van der Waals surface area contributed by atoms with Crippen molar-refractivity contribution in [2.45, 2.75) is 32.2 Å². The molecule has 0 spiro atoms. The lowest BCUT2D eigenvalue weighted by molar-refractivity contribution is -0.117. The number of amides is 2. The van der Waals surface area contributed by atoms with Gasteiger partial charge in [-0.3, -0.25) is 9.59 Å². The van der Waals surface area contributed by atoms with E-state index in [4.69, 9.17) is 0 Å². The third-order valence-corrected chi connectivity index (χ3v) is 4.84. The van der Waals surface area contributed by atoms with E-state index in [1.807, 2.05) is 30.3 Å². The van der Waals surface area contributed by atoms with Crippen LogP contribution < -0.4 is 10.2 Å². The molecule has 0 atom stereocenters. The van der Waals surface area contributed by atoms with E-state index in [-0.39, 0.29) is 23.9 Å².